The summed E-state index contributed by atoms with van der Waals surface area (Å²) in [7, 11) is 0. The molecule has 0 fully saturated rings. The van der Waals surface area contributed by atoms with Crippen molar-refractivity contribution in [2.24, 2.45) is 4.99 Å². The summed E-state index contributed by atoms with van der Waals surface area (Å²) >= 11 is 5.92. The van der Waals surface area contributed by atoms with Crippen LogP contribution in [0.4, 0.5) is 10.1 Å². The van der Waals surface area contributed by atoms with E-state index in [1.165, 1.54) is 42.5 Å². The van der Waals surface area contributed by atoms with Gasteiger partial charge in [0.2, 0.25) is 5.90 Å². The molecule has 0 aliphatic carbocycles. The van der Waals surface area contributed by atoms with Crippen LogP contribution in [0, 0.1) is 15.9 Å². The fourth-order valence-electron chi connectivity index (χ4n) is 2.16. The Bertz CT molecular complexity index is 961. The number of hydrogen-bond acceptors (Lipinski definition) is 5. The normalized spacial score (nSPS) is 15.4. The molecule has 6 nitrogen and oxygen atoms in total. The molecule has 2 aromatic carbocycles. The second-order valence-corrected chi connectivity index (χ2v) is 5.59. The molecule has 0 atom stereocenters. The molecule has 1 heterocycles. The Balaban J connectivity index is 1.82. The van der Waals surface area contributed by atoms with Crippen molar-refractivity contribution in [1.82, 2.24) is 0 Å². The number of non-ortho nitro benzene ring substituents is 1. The lowest BCUT2D eigenvalue weighted by Crippen LogP contribution is -2.01. The lowest BCUT2D eigenvalue weighted by molar-refractivity contribution is -0.384. The zero-order valence-electron chi connectivity index (χ0n) is 13.1. The summed E-state index contributed by atoms with van der Waals surface area (Å²) in [4.78, 5) is 26.0. The fraction of sp³-hybridized carbons (Fsp3) is 0. The van der Waals surface area contributed by atoms with Gasteiger partial charge in [-0.05, 0) is 42.0 Å². The first kappa shape index (κ1) is 17.5. The maximum atomic E-state index is 13.8. The van der Waals surface area contributed by atoms with Crippen LogP contribution < -0.4 is 0 Å². The molecule has 0 N–H and O–H groups in total. The zero-order valence-corrected chi connectivity index (χ0v) is 13.8. The molecule has 0 spiro atoms. The lowest BCUT2D eigenvalue weighted by Gasteiger charge is -1.99. The molecule has 130 valence electrons. The molecule has 1 aliphatic heterocycles. The number of ether oxygens (including phenoxy) is 1. The van der Waals surface area contributed by atoms with Gasteiger partial charge in [-0.2, -0.15) is 0 Å². The van der Waals surface area contributed by atoms with Gasteiger partial charge in [-0.15, -0.1) is 0 Å². The third-order valence-corrected chi connectivity index (χ3v) is 3.77. The van der Waals surface area contributed by atoms with E-state index < -0.39 is 16.7 Å². The Kier molecular flexibility index (Phi) is 4.90. The number of benzene rings is 2. The molecule has 0 amide bonds. The summed E-state index contributed by atoms with van der Waals surface area (Å²) in [5, 5.41) is 10.8. The monoisotopic (exact) mass is 372 g/mol. The number of nitro groups is 1. The highest BCUT2D eigenvalue weighted by Gasteiger charge is 2.22. The average molecular weight is 373 g/mol. The van der Waals surface area contributed by atoms with E-state index in [4.69, 9.17) is 16.3 Å². The van der Waals surface area contributed by atoms with Crippen molar-refractivity contribution >= 4 is 41.3 Å². The lowest BCUT2D eigenvalue weighted by atomic mass is 10.2. The minimum absolute atomic E-state index is 0.0204. The van der Waals surface area contributed by atoms with Crippen molar-refractivity contribution in [1.29, 1.82) is 0 Å². The molecule has 26 heavy (non-hydrogen) atoms. The van der Waals surface area contributed by atoms with Gasteiger partial charge in [-0.25, -0.2) is 14.2 Å². The van der Waals surface area contributed by atoms with E-state index in [-0.39, 0.29) is 27.9 Å². The van der Waals surface area contributed by atoms with E-state index in [9.17, 15) is 19.3 Å². The maximum absolute atomic E-state index is 13.8. The van der Waals surface area contributed by atoms with Gasteiger partial charge in [0.15, 0.2) is 5.70 Å². The molecule has 0 unspecified atom stereocenters. The van der Waals surface area contributed by atoms with Gasteiger partial charge in [-0.1, -0.05) is 17.7 Å². The third-order valence-electron chi connectivity index (χ3n) is 3.44. The second kappa shape index (κ2) is 7.28. The van der Waals surface area contributed by atoms with Crippen LogP contribution in [-0.4, -0.2) is 16.8 Å². The van der Waals surface area contributed by atoms with Crippen LogP contribution in [0.25, 0.3) is 12.2 Å². The van der Waals surface area contributed by atoms with Crippen molar-refractivity contribution < 1.29 is 18.8 Å². The predicted molar refractivity (Wildman–Crippen MR) is 95.0 cm³/mol. The van der Waals surface area contributed by atoms with E-state index in [2.05, 4.69) is 4.99 Å². The van der Waals surface area contributed by atoms with E-state index in [1.807, 2.05) is 0 Å². The standard InChI is InChI=1S/C18H10ClFN2O4/c19-14-2-1-3-15(20)13(14)10-16-18(23)26-17(21-16)9-6-11-4-7-12(8-5-11)22(24)25/h1-10H/b9-6+,16-10-. The second-order valence-electron chi connectivity index (χ2n) is 5.19. The van der Waals surface area contributed by atoms with Gasteiger partial charge in [0.25, 0.3) is 5.69 Å². The number of esters is 1. The Morgan fingerprint density at radius 2 is 1.88 bits per heavy atom. The third kappa shape index (κ3) is 3.84. The number of cyclic esters (lactones) is 1. The summed E-state index contributed by atoms with van der Waals surface area (Å²) in [6.07, 6.45) is 4.23. The van der Waals surface area contributed by atoms with Crippen molar-refractivity contribution in [3.05, 3.63) is 86.3 Å². The minimum atomic E-state index is -0.729. The van der Waals surface area contributed by atoms with Gasteiger partial charge >= 0.3 is 5.97 Å². The number of aliphatic imine (C=N–C) groups is 1. The largest absolute Gasteiger partial charge is 0.403 e. The number of nitro benzene ring substituents is 1. The van der Waals surface area contributed by atoms with Gasteiger partial charge < -0.3 is 4.74 Å². The van der Waals surface area contributed by atoms with Crippen LogP contribution in [0.5, 0.6) is 0 Å². The number of nitrogens with zero attached hydrogens (tertiary/aromatic N) is 2. The predicted octanol–water partition coefficient (Wildman–Crippen LogP) is 4.40. The van der Waals surface area contributed by atoms with Gasteiger partial charge in [0, 0.05) is 23.8 Å². The van der Waals surface area contributed by atoms with Gasteiger partial charge in [-0.3, -0.25) is 10.1 Å². The first-order valence-corrected chi connectivity index (χ1v) is 7.71. The summed E-state index contributed by atoms with van der Waals surface area (Å²) in [5.74, 6) is -1.29. The van der Waals surface area contributed by atoms with Crippen molar-refractivity contribution in [3.63, 3.8) is 0 Å². The molecule has 0 aromatic heterocycles. The maximum Gasteiger partial charge on any atom is 0.363 e. The molecule has 8 heteroatoms. The Morgan fingerprint density at radius 3 is 2.54 bits per heavy atom. The summed E-state index contributed by atoms with van der Waals surface area (Å²) in [6, 6.07) is 9.97. The highest BCUT2D eigenvalue weighted by molar-refractivity contribution is 6.32. The Labute approximate surface area is 152 Å². The molecule has 0 saturated carbocycles. The Hall–Kier alpha value is -3.32. The number of carbonyl (C=O) groups excluding carboxylic acids is 1. The highest BCUT2D eigenvalue weighted by atomic mass is 35.5. The quantitative estimate of drug-likeness (QED) is 0.345. The SMILES string of the molecule is O=C1OC(/C=C/c2ccc([N+](=O)[O-])cc2)=NC/1=C\c1c(F)cccc1Cl. The fourth-order valence-corrected chi connectivity index (χ4v) is 2.37. The summed E-state index contributed by atoms with van der Waals surface area (Å²) in [5.41, 5.74) is 0.591. The minimum Gasteiger partial charge on any atom is -0.403 e. The molecule has 0 radical (unpaired) electrons. The molecule has 2 aromatic rings. The molecular formula is C18H10ClFN2O4. The molecule has 3 rings (SSSR count). The van der Waals surface area contributed by atoms with Crippen LogP contribution in [0.1, 0.15) is 11.1 Å². The first-order valence-electron chi connectivity index (χ1n) is 7.33. The molecule has 0 bridgehead atoms. The van der Waals surface area contributed by atoms with E-state index in [1.54, 1.807) is 18.2 Å². The number of carbonyl (C=O) groups is 1. The van der Waals surface area contributed by atoms with E-state index >= 15 is 0 Å². The van der Waals surface area contributed by atoms with Crippen LogP contribution in [-0.2, 0) is 9.53 Å². The van der Waals surface area contributed by atoms with Crippen LogP contribution in [0.15, 0.2) is 59.2 Å². The van der Waals surface area contributed by atoms with Crippen molar-refractivity contribution in [3.8, 4) is 0 Å². The van der Waals surface area contributed by atoms with E-state index in [0.29, 0.717) is 5.56 Å². The van der Waals surface area contributed by atoms with Crippen LogP contribution in [0.2, 0.25) is 5.02 Å². The van der Waals surface area contributed by atoms with Gasteiger partial charge in [0.1, 0.15) is 5.82 Å². The number of hydrogen-bond donors (Lipinski definition) is 0. The van der Waals surface area contributed by atoms with Gasteiger partial charge in [0.05, 0.1) is 9.95 Å². The van der Waals surface area contributed by atoms with Crippen molar-refractivity contribution in [2.45, 2.75) is 0 Å². The molecule has 1 aliphatic rings. The Morgan fingerprint density at radius 1 is 1.15 bits per heavy atom. The molecular weight excluding hydrogens is 363 g/mol. The van der Waals surface area contributed by atoms with Crippen molar-refractivity contribution in [2.75, 3.05) is 0 Å². The van der Waals surface area contributed by atoms with Crippen LogP contribution in [0.3, 0.4) is 0 Å². The molecule has 0 saturated heterocycles. The average Bonchev–Trinajstić information content (AvgIpc) is 2.96. The number of halogens is 2. The smallest absolute Gasteiger partial charge is 0.363 e. The van der Waals surface area contributed by atoms with E-state index in [0.717, 1.165) is 0 Å². The summed E-state index contributed by atoms with van der Waals surface area (Å²) < 4.78 is 18.8. The topological polar surface area (TPSA) is 81.8 Å². The number of rotatable bonds is 4. The van der Waals surface area contributed by atoms with Crippen LogP contribution >= 0.6 is 11.6 Å². The first-order chi connectivity index (χ1) is 12.4. The summed E-state index contributed by atoms with van der Waals surface area (Å²) in [6.45, 7) is 0. The zero-order chi connectivity index (χ0) is 18.7. The highest BCUT2D eigenvalue weighted by Crippen LogP contribution is 2.24.